The largest absolute Gasteiger partial charge is 0.303 e. The number of hydrogen-bond donors (Lipinski definition) is 1. The molecule has 1 N–H and O–H groups in total. The minimum Gasteiger partial charge on any atom is -0.303 e. The van der Waals surface area contributed by atoms with Crippen LogP contribution in [-0.2, 0) is 4.79 Å². The molecule has 0 spiro atoms. The number of Topliss-reactive ketones (excluding diaryl/α,β-unsaturated/α-hetero) is 1. The quantitative estimate of drug-likeness (QED) is 0.511. The summed E-state index contributed by atoms with van der Waals surface area (Å²) < 4.78 is 0. The summed E-state index contributed by atoms with van der Waals surface area (Å²) >= 11 is 1.23. The van der Waals surface area contributed by atoms with Gasteiger partial charge in [0.25, 0.3) is 0 Å². The zero-order valence-electron chi connectivity index (χ0n) is 13.7. The first kappa shape index (κ1) is 17.1. The fourth-order valence-electron chi connectivity index (χ4n) is 2.30. The highest BCUT2D eigenvalue weighted by atomic mass is 32.2. The van der Waals surface area contributed by atoms with Gasteiger partial charge in [-0.15, -0.1) is 5.10 Å². The molecule has 2 aromatic carbocycles. The van der Waals surface area contributed by atoms with Crippen LogP contribution in [0.2, 0.25) is 0 Å². The predicted molar refractivity (Wildman–Crippen MR) is 101 cm³/mol. The van der Waals surface area contributed by atoms with Crippen LogP contribution in [0.15, 0.2) is 64.8 Å². The number of ketones is 1. The van der Waals surface area contributed by atoms with Crippen molar-refractivity contribution in [1.29, 1.82) is 0 Å². The van der Waals surface area contributed by atoms with Crippen LogP contribution in [0.1, 0.15) is 27.9 Å². The van der Waals surface area contributed by atoms with E-state index >= 15 is 0 Å². The van der Waals surface area contributed by atoms with Gasteiger partial charge in [-0.25, -0.2) is 0 Å². The Labute approximate surface area is 150 Å². The third kappa shape index (κ3) is 4.64. The molecule has 0 saturated carbocycles. The van der Waals surface area contributed by atoms with Crippen LogP contribution in [0.25, 0.3) is 0 Å². The Balaban J connectivity index is 1.60. The van der Waals surface area contributed by atoms with Crippen LogP contribution < -0.4 is 5.32 Å². The maximum absolute atomic E-state index is 12.3. The van der Waals surface area contributed by atoms with E-state index in [4.69, 9.17) is 0 Å². The van der Waals surface area contributed by atoms with Gasteiger partial charge >= 0.3 is 0 Å². The Morgan fingerprint density at radius 3 is 2.60 bits per heavy atom. The number of aryl methyl sites for hydroxylation is 1. The van der Waals surface area contributed by atoms with Crippen molar-refractivity contribution >= 4 is 34.8 Å². The first-order valence-electron chi connectivity index (χ1n) is 7.85. The van der Waals surface area contributed by atoms with Gasteiger partial charge in [0.2, 0.25) is 5.91 Å². The standard InChI is InChI=1S/C19H17N3O2S/c1-13-7-9-15(10-8-13)16(23)11-17-18(24)21-19(25-17)22-20-12-14-5-3-2-4-6-14/h2-10,12,17H,11H2,1H3,(H,21,22,24)/b20-12-/t17-/m0/s1. The van der Waals surface area contributed by atoms with Crippen molar-refractivity contribution in [3.8, 4) is 0 Å². The zero-order valence-corrected chi connectivity index (χ0v) is 14.5. The first-order chi connectivity index (χ1) is 12.1. The smallest absolute Gasteiger partial charge is 0.240 e. The van der Waals surface area contributed by atoms with Crippen molar-refractivity contribution in [2.24, 2.45) is 10.2 Å². The molecule has 126 valence electrons. The van der Waals surface area contributed by atoms with Crippen LogP contribution in [0, 0.1) is 6.92 Å². The van der Waals surface area contributed by atoms with Gasteiger partial charge in [-0.1, -0.05) is 71.9 Å². The number of nitrogens with one attached hydrogen (secondary N) is 1. The molecule has 25 heavy (non-hydrogen) atoms. The van der Waals surface area contributed by atoms with Crippen LogP contribution in [0.3, 0.4) is 0 Å². The molecule has 1 aliphatic heterocycles. The van der Waals surface area contributed by atoms with E-state index < -0.39 is 5.25 Å². The molecule has 1 saturated heterocycles. The van der Waals surface area contributed by atoms with E-state index in [1.54, 1.807) is 18.3 Å². The molecule has 0 unspecified atom stereocenters. The number of amidine groups is 1. The lowest BCUT2D eigenvalue weighted by molar-refractivity contribution is -0.118. The molecule has 1 amide bonds. The molecule has 1 fully saturated rings. The second-order valence-corrected chi connectivity index (χ2v) is 6.84. The molecule has 0 aromatic heterocycles. The van der Waals surface area contributed by atoms with Crippen molar-refractivity contribution in [1.82, 2.24) is 5.32 Å². The number of carbonyl (C=O) groups excluding carboxylic acids is 2. The fourth-order valence-corrected chi connectivity index (χ4v) is 3.22. The van der Waals surface area contributed by atoms with Gasteiger partial charge in [-0.2, -0.15) is 5.10 Å². The summed E-state index contributed by atoms with van der Waals surface area (Å²) in [5.74, 6) is -0.263. The second kappa shape index (κ2) is 7.90. The molecule has 5 nitrogen and oxygen atoms in total. The van der Waals surface area contributed by atoms with Crippen molar-refractivity contribution in [3.05, 3.63) is 71.3 Å². The van der Waals surface area contributed by atoms with E-state index in [9.17, 15) is 9.59 Å². The average molecular weight is 351 g/mol. The molecule has 1 atom stereocenters. The third-order valence-electron chi connectivity index (χ3n) is 3.68. The zero-order chi connectivity index (χ0) is 17.6. The van der Waals surface area contributed by atoms with Crippen molar-refractivity contribution in [3.63, 3.8) is 0 Å². The Bertz CT molecular complexity index is 830. The summed E-state index contributed by atoms with van der Waals surface area (Å²) in [7, 11) is 0. The third-order valence-corrected chi connectivity index (χ3v) is 4.75. The lowest BCUT2D eigenvalue weighted by Gasteiger charge is -2.04. The number of rotatable bonds is 5. The number of benzene rings is 2. The van der Waals surface area contributed by atoms with Crippen LogP contribution >= 0.6 is 11.8 Å². The molecule has 0 radical (unpaired) electrons. The highest BCUT2D eigenvalue weighted by Crippen LogP contribution is 2.24. The molecule has 1 aliphatic rings. The summed E-state index contributed by atoms with van der Waals surface area (Å²) in [6.07, 6.45) is 1.76. The number of amides is 1. The minimum atomic E-state index is -0.473. The predicted octanol–water partition coefficient (Wildman–Crippen LogP) is 3.19. The minimum absolute atomic E-state index is 0.0540. The Hall–Kier alpha value is -2.73. The van der Waals surface area contributed by atoms with Gasteiger partial charge < -0.3 is 5.32 Å². The second-order valence-electron chi connectivity index (χ2n) is 5.65. The molecule has 3 rings (SSSR count). The molecule has 6 heteroatoms. The van der Waals surface area contributed by atoms with Gasteiger partial charge in [0.1, 0.15) is 0 Å². The summed E-state index contributed by atoms with van der Waals surface area (Å²) in [6, 6.07) is 16.9. The molecular weight excluding hydrogens is 334 g/mol. The van der Waals surface area contributed by atoms with Crippen LogP contribution in [-0.4, -0.2) is 28.3 Å². The number of carbonyl (C=O) groups is 2. The topological polar surface area (TPSA) is 70.9 Å². The normalized spacial score (nSPS) is 18.7. The number of hydrogen-bond acceptors (Lipinski definition) is 5. The van der Waals surface area contributed by atoms with Gasteiger partial charge in [-0.05, 0) is 12.5 Å². The lowest BCUT2D eigenvalue weighted by Crippen LogP contribution is -2.26. The molecule has 1 heterocycles. The Morgan fingerprint density at radius 1 is 1.16 bits per heavy atom. The van der Waals surface area contributed by atoms with Gasteiger partial charge in [0.15, 0.2) is 11.0 Å². The van der Waals surface area contributed by atoms with E-state index in [1.807, 2.05) is 49.4 Å². The Kier molecular flexibility index (Phi) is 5.40. The van der Waals surface area contributed by atoms with Gasteiger partial charge in [0, 0.05) is 12.0 Å². The summed E-state index contributed by atoms with van der Waals surface area (Å²) in [5, 5.41) is 10.6. The highest BCUT2D eigenvalue weighted by molar-refractivity contribution is 8.15. The van der Waals surface area contributed by atoms with E-state index in [1.165, 1.54) is 11.8 Å². The van der Waals surface area contributed by atoms with E-state index in [0.717, 1.165) is 11.1 Å². The van der Waals surface area contributed by atoms with E-state index in [0.29, 0.717) is 10.7 Å². The maximum atomic E-state index is 12.3. The Morgan fingerprint density at radius 2 is 1.88 bits per heavy atom. The monoisotopic (exact) mass is 351 g/mol. The van der Waals surface area contributed by atoms with Gasteiger partial charge in [0.05, 0.1) is 11.5 Å². The molecule has 0 bridgehead atoms. The van der Waals surface area contributed by atoms with E-state index in [-0.39, 0.29) is 18.1 Å². The average Bonchev–Trinajstić information content (AvgIpc) is 2.96. The SMILES string of the molecule is Cc1ccc(C(=O)C[C@@H]2S/C(=N\N=C/c3ccccc3)NC2=O)cc1. The summed E-state index contributed by atoms with van der Waals surface area (Å²) in [5.41, 5.74) is 2.63. The molecule has 2 aromatic rings. The first-order valence-corrected chi connectivity index (χ1v) is 8.73. The maximum Gasteiger partial charge on any atom is 0.240 e. The summed E-state index contributed by atoms with van der Waals surface area (Å²) in [4.78, 5) is 24.3. The number of nitrogens with zero attached hydrogens (tertiary/aromatic N) is 2. The molecular formula is C19H17N3O2S. The summed E-state index contributed by atoms with van der Waals surface area (Å²) in [6.45, 7) is 1.97. The fraction of sp³-hybridized carbons (Fsp3) is 0.158. The van der Waals surface area contributed by atoms with Crippen molar-refractivity contribution in [2.75, 3.05) is 0 Å². The van der Waals surface area contributed by atoms with Crippen molar-refractivity contribution < 1.29 is 9.59 Å². The van der Waals surface area contributed by atoms with Gasteiger partial charge in [-0.3, -0.25) is 9.59 Å². The number of thioether (sulfide) groups is 1. The van der Waals surface area contributed by atoms with Crippen LogP contribution in [0.4, 0.5) is 0 Å². The lowest BCUT2D eigenvalue weighted by atomic mass is 10.0. The molecule has 0 aliphatic carbocycles. The van der Waals surface area contributed by atoms with Crippen molar-refractivity contribution in [2.45, 2.75) is 18.6 Å². The van der Waals surface area contributed by atoms with Crippen LogP contribution in [0.5, 0.6) is 0 Å². The van der Waals surface area contributed by atoms with E-state index in [2.05, 4.69) is 15.5 Å². The highest BCUT2D eigenvalue weighted by Gasteiger charge is 2.32.